The minimum Gasteiger partial charge on any atom is -0.392 e. The summed E-state index contributed by atoms with van der Waals surface area (Å²) in [5.74, 6) is 2.47. The molecule has 2 saturated carbocycles. The Morgan fingerprint density at radius 2 is 2.10 bits per heavy atom. The molecule has 0 spiro atoms. The summed E-state index contributed by atoms with van der Waals surface area (Å²) in [5, 5.41) is 9.32. The number of hydrogen-bond acceptors (Lipinski definition) is 2. The largest absolute Gasteiger partial charge is 0.392 e. The van der Waals surface area contributed by atoms with Gasteiger partial charge in [-0.25, -0.2) is 0 Å². The normalized spacial score (nSPS) is 37.8. The van der Waals surface area contributed by atoms with E-state index in [1.165, 1.54) is 17.5 Å². The molecule has 0 unspecified atom stereocenters. The molecule has 2 nitrogen and oxygen atoms in total. The van der Waals surface area contributed by atoms with Crippen molar-refractivity contribution in [3.05, 3.63) is 34.9 Å². The molecule has 3 aliphatic carbocycles. The second-order valence-electron chi connectivity index (χ2n) is 7.52. The van der Waals surface area contributed by atoms with Gasteiger partial charge in [0.2, 0.25) is 0 Å². The number of Topliss-reactive ketones (excluding diaryl/α,β-unsaturated/α-hetero) is 1. The molecule has 0 heterocycles. The van der Waals surface area contributed by atoms with Crippen LogP contribution in [0.25, 0.3) is 0 Å². The van der Waals surface area contributed by atoms with Gasteiger partial charge in [-0.05, 0) is 66.5 Å². The Bertz CT molecular complexity index is 591. The highest BCUT2D eigenvalue weighted by molar-refractivity contribution is 5.87. The lowest BCUT2D eigenvalue weighted by Crippen LogP contribution is -2.42. The summed E-state index contributed by atoms with van der Waals surface area (Å²) in [6.07, 6.45) is 6.49. The first-order chi connectivity index (χ1) is 10.1. The lowest BCUT2D eigenvalue weighted by molar-refractivity contribution is -0.129. The molecular formula is C19H24O2. The van der Waals surface area contributed by atoms with Crippen molar-refractivity contribution in [2.75, 3.05) is 0 Å². The van der Waals surface area contributed by atoms with E-state index < -0.39 is 0 Å². The number of aryl methyl sites for hydroxylation is 1. The van der Waals surface area contributed by atoms with Crippen LogP contribution < -0.4 is 0 Å². The number of benzene rings is 1. The van der Waals surface area contributed by atoms with Crippen molar-refractivity contribution in [2.24, 2.45) is 17.3 Å². The van der Waals surface area contributed by atoms with Crippen LogP contribution in [-0.4, -0.2) is 10.9 Å². The minimum absolute atomic E-state index is 0.0241. The maximum absolute atomic E-state index is 12.3. The zero-order valence-electron chi connectivity index (χ0n) is 12.8. The maximum Gasteiger partial charge on any atom is 0.139 e. The highest BCUT2D eigenvalue weighted by atomic mass is 16.3. The Labute approximate surface area is 126 Å². The van der Waals surface area contributed by atoms with Crippen molar-refractivity contribution in [3.63, 3.8) is 0 Å². The lowest BCUT2D eigenvalue weighted by Gasteiger charge is -2.48. The van der Waals surface area contributed by atoms with E-state index in [4.69, 9.17) is 0 Å². The van der Waals surface area contributed by atoms with Gasteiger partial charge in [0.1, 0.15) is 5.78 Å². The van der Waals surface area contributed by atoms with Gasteiger partial charge >= 0.3 is 0 Å². The van der Waals surface area contributed by atoms with Crippen LogP contribution >= 0.6 is 0 Å². The first kappa shape index (κ1) is 13.5. The van der Waals surface area contributed by atoms with Crippen molar-refractivity contribution in [3.8, 4) is 0 Å². The minimum atomic E-state index is -0.0241. The zero-order valence-corrected chi connectivity index (χ0v) is 12.8. The van der Waals surface area contributed by atoms with Gasteiger partial charge in [-0.3, -0.25) is 4.79 Å². The van der Waals surface area contributed by atoms with Gasteiger partial charge in [-0.2, -0.15) is 0 Å². The average Bonchev–Trinajstić information content (AvgIpc) is 2.82. The third-order valence-corrected chi connectivity index (χ3v) is 6.68. The summed E-state index contributed by atoms with van der Waals surface area (Å²) >= 11 is 0. The molecule has 21 heavy (non-hydrogen) atoms. The fourth-order valence-electron chi connectivity index (χ4n) is 5.51. The van der Waals surface area contributed by atoms with Crippen LogP contribution in [0.4, 0.5) is 0 Å². The third-order valence-electron chi connectivity index (χ3n) is 6.68. The second kappa shape index (κ2) is 4.67. The van der Waals surface area contributed by atoms with Crippen molar-refractivity contribution in [2.45, 2.75) is 58.0 Å². The molecule has 3 aliphatic rings. The summed E-state index contributed by atoms with van der Waals surface area (Å²) in [4.78, 5) is 12.3. The molecule has 2 heteroatoms. The Morgan fingerprint density at radius 3 is 2.90 bits per heavy atom. The van der Waals surface area contributed by atoms with E-state index in [1.807, 2.05) is 0 Å². The number of fused-ring (bicyclic) bond motifs is 5. The van der Waals surface area contributed by atoms with Crippen LogP contribution in [-0.2, 0) is 17.8 Å². The van der Waals surface area contributed by atoms with Gasteiger partial charge in [-0.15, -0.1) is 0 Å². The molecule has 1 aromatic carbocycles. The van der Waals surface area contributed by atoms with Crippen LogP contribution in [0.5, 0.6) is 0 Å². The molecule has 112 valence electrons. The van der Waals surface area contributed by atoms with Crippen LogP contribution in [0.3, 0.4) is 0 Å². The number of ketones is 1. The van der Waals surface area contributed by atoms with E-state index >= 15 is 0 Å². The quantitative estimate of drug-likeness (QED) is 0.855. The highest BCUT2D eigenvalue weighted by Crippen LogP contribution is 2.59. The van der Waals surface area contributed by atoms with E-state index in [9.17, 15) is 9.90 Å². The molecule has 2 fully saturated rings. The number of carbonyl (C=O) groups is 1. The molecule has 4 atom stereocenters. The number of hydrogen-bond donors (Lipinski definition) is 1. The SMILES string of the molecule is C[C@]12CC[C@@H]3c4ccc(CO)cc4CC[C@H]3[C@H]1CCC2=O. The van der Waals surface area contributed by atoms with Gasteiger partial charge < -0.3 is 5.11 Å². The Kier molecular flexibility index (Phi) is 3.01. The average molecular weight is 284 g/mol. The van der Waals surface area contributed by atoms with Crippen LogP contribution in [0.1, 0.15) is 61.6 Å². The van der Waals surface area contributed by atoms with Crippen molar-refractivity contribution in [1.82, 2.24) is 0 Å². The van der Waals surface area contributed by atoms with Crippen molar-refractivity contribution in [1.29, 1.82) is 0 Å². The van der Waals surface area contributed by atoms with E-state index in [0.717, 1.165) is 37.7 Å². The molecule has 0 bridgehead atoms. The Balaban J connectivity index is 1.70. The van der Waals surface area contributed by atoms with E-state index in [2.05, 4.69) is 25.1 Å². The smallest absolute Gasteiger partial charge is 0.139 e. The van der Waals surface area contributed by atoms with Crippen LogP contribution in [0, 0.1) is 17.3 Å². The topological polar surface area (TPSA) is 37.3 Å². The lowest BCUT2D eigenvalue weighted by atomic mass is 9.55. The summed E-state index contributed by atoms with van der Waals surface area (Å²) in [5.41, 5.74) is 3.95. The molecule has 0 amide bonds. The first-order valence-electron chi connectivity index (χ1n) is 8.39. The highest BCUT2D eigenvalue weighted by Gasteiger charge is 2.54. The van der Waals surface area contributed by atoms with Crippen molar-refractivity contribution >= 4 is 5.78 Å². The van der Waals surface area contributed by atoms with Crippen LogP contribution in [0.15, 0.2) is 18.2 Å². The number of rotatable bonds is 1. The van der Waals surface area contributed by atoms with Gasteiger partial charge in [0.05, 0.1) is 6.61 Å². The van der Waals surface area contributed by atoms with E-state index in [-0.39, 0.29) is 12.0 Å². The van der Waals surface area contributed by atoms with Gasteiger partial charge in [-0.1, -0.05) is 25.1 Å². The fourth-order valence-corrected chi connectivity index (χ4v) is 5.51. The van der Waals surface area contributed by atoms with Gasteiger partial charge in [0, 0.05) is 11.8 Å². The predicted molar refractivity (Wildman–Crippen MR) is 82.0 cm³/mol. The summed E-state index contributed by atoms with van der Waals surface area (Å²) in [6.45, 7) is 2.37. The van der Waals surface area contributed by atoms with E-state index in [0.29, 0.717) is 23.5 Å². The molecule has 1 N–H and O–H groups in total. The summed E-state index contributed by atoms with van der Waals surface area (Å²) < 4.78 is 0. The molecule has 1 aromatic rings. The molecule has 0 radical (unpaired) electrons. The van der Waals surface area contributed by atoms with Gasteiger partial charge in [0.25, 0.3) is 0 Å². The van der Waals surface area contributed by atoms with E-state index in [1.54, 1.807) is 0 Å². The fraction of sp³-hybridized carbons (Fsp3) is 0.632. The Hall–Kier alpha value is -1.15. The molecule has 4 rings (SSSR count). The number of aliphatic hydroxyl groups is 1. The first-order valence-corrected chi connectivity index (χ1v) is 8.39. The Morgan fingerprint density at radius 1 is 1.24 bits per heavy atom. The zero-order chi connectivity index (χ0) is 14.6. The monoisotopic (exact) mass is 284 g/mol. The summed E-state index contributed by atoms with van der Waals surface area (Å²) in [6, 6.07) is 6.52. The van der Waals surface area contributed by atoms with Crippen LogP contribution in [0.2, 0.25) is 0 Å². The summed E-state index contributed by atoms with van der Waals surface area (Å²) in [7, 11) is 0. The van der Waals surface area contributed by atoms with Gasteiger partial charge in [0.15, 0.2) is 0 Å². The third kappa shape index (κ3) is 1.85. The predicted octanol–water partition coefficient (Wildman–Crippen LogP) is 3.60. The molecule has 0 aliphatic heterocycles. The standard InChI is InChI=1S/C19H24O2/c1-19-9-8-15-14-4-2-12(11-20)10-13(14)3-5-16(15)17(19)6-7-18(19)21/h2,4,10,15-17,20H,3,5-9,11H2,1H3/t15-,16-,17-,19+/m1/s1. The van der Waals surface area contributed by atoms with Crippen molar-refractivity contribution < 1.29 is 9.90 Å². The molecule has 0 saturated heterocycles. The maximum atomic E-state index is 12.3. The number of carbonyl (C=O) groups excluding carboxylic acids is 1. The number of aliphatic hydroxyl groups excluding tert-OH is 1. The molecule has 0 aromatic heterocycles. The molecular weight excluding hydrogens is 260 g/mol. The second-order valence-corrected chi connectivity index (χ2v) is 7.52.